The van der Waals surface area contributed by atoms with Gasteiger partial charge in [0, 0.05) is 0 Å². The molecule has 2 unspecified atom stereocenters. The molecule has 4 atom stereocenters. The molecule has 5 nitrogen and oxygen atoms in total. The van der Waals surface area contributed by atoms with Crippen LogP contribution in [0.2, 0.25) is 58.9 Å². The van der Waals surface area contributed by atoms with Gasteiger partial charge in [-0.1, -0.05) is 0 Å². The molecule has 132 valence electrons. The lowest BCUT2D eigenvalue weighted by atomic mass is 10.1. The first-order valence-electron chi connectivity index (χ1n) is 8.01. The van der Waals surface area contributed by atoms with Gasteiger partial charge in [0.1, 0.15) is 12.2 Å². The first kappa shape index (κ1) is 20.5. The molecule has 1 fully saturated rings. The van der Waals surface area contributed by atoms with E-state index in [0.717, 1.165) is 0 Å². The highest BCUT2D eigenvalue weighted by atomic mass is 28.4. The van der Waals surface area contributed by atoms with Gasteiger partial charge in [-0.2, -0.15) is 0 Å². The van der Waals surface area contributed by atoms with Crippen molar-refractivity contribution in [1.29, 1.82) is 0 Å². The Labute approximate surface area is 138 Å². The van der Waals surface area contributed by atoms with Crippen LogP contribution in [-0.4, -0.2) is 61.3 Å². The van der Waals surface area contributed by atoms with Crippen molar-refractivity contribution in [3.8, 4) is 0 Å². The summed E-state index contributed by atoms with van der Waals surface area (Å²) >= 11 is 0. The van der Waals surface area contributed by atoms with E-state index in [0.29, 0.717) is 6.61 Å². The number of ether oxygens (including phenoxy) is 1. The number of aliphatic hydroxyl groups excluding tert-OH is 1. The van der Waals surface area contributed by atoms with Gasteiger partial charge in [-0.05, 0) is 58.9 Å². The van der Waals surface area contributed by atoms with Gasteiger partial charge in [-0.15, -0.1) is 0 Å². The van der Waals surface area contributed by atoms with E-state index in [9.17, 15) is 5.11 Å². The molecule has 0 spiro atoms. The number of aliphatic hydroxyl groups is 1. The zero-order valence-corrected chi connectivity index (χ0v) is 18.6. The summed E-state index contributed by atoms with van der Waals surface area (Å²) in [6.45, 7) is 19.6. The lowest BCUT2D eigenvalue weighted by Crippen LogP contribution is -2.61. The zero-order chi connectivity index (χ0) is 17.3. The summed E-state index contributed by atoms with van der Waals surface area (Å²) in [6.07, 6.45) is -1.87. The minimum absolute atomic E-state index is 0.178. The van der Waals surface area contributed by atoms with Crippen molar-refractivity contribution in [1.82, 2.24) is 0 Å². The van der Waals surface area contributed by atoms with Crippen molar-refractivity contribution >= 4 is 25.0 Å². The second-order valence-corrected chi connectivity index (χ2v) is 22.3. The minimum Gasteiger partial charge on any atom is -0.410 e. The van der Waals surface area contributed by atoms with Crippen LogP contribution in [0, 0.1) is 0 Å². The van der Waals surface area contributed by atoms with Crippen LogP contribution in [0.3, 0.4) is 0 Å². The number of hydrogen-bond donors (Lipinski definition) is 1. The van der Waals surface area contributed by atoms with Crippen molar-refractivity contribution in [3.05, 3.63) is 0 Å². The lowest BCUT2D eigenvalue weighted by molar-refractivity contribution is -0.240. The zero-order valence-electron chi connectivity index (χ0n) is 15.6. The summed E-state index contributed by atoms with van der Waals surface area (Å²) in [4.78, 5) is 0. The summed E-state index contributed by atoms with van der Waals surface area (Å²) in [7, 11) is -5.39. The van der Waals surface area contributed by atoms with E-state index < -0.39 is 37.3 Å². The average molecular weight is 367 g/mol. The molecule has 1 heterocycles. The van der Waals surface area contributed by atoms with Crippen LogP contribution in [0.1, 0.15) is 0 Å². The van der Waals surface area contributed by atoms with Crippen LogP contribution >= 0.6 is 0 Å². The van der Waals surface area contributed by atoms with E-state index in [1.165, 1.54) is 0 Å². The van der Waals surface area contributed by atoms with E-state index in [1.807, 2.05) is 0 Å². The van der Waals surface area contributed by atoms with E-state index in [2.05, 4.69) is 58.9 Å². The van der Waals surface area contributed by atoms with Gasteiger partial charge in [0.15, 0.2) is 31.2 Å². The highest BCUT2D eigenvalue weighted by Crippen LogP contribution is 2.29. The van der Waals surface area contributed by atoms with Gasteiger partial charge in [0.25, 0.3) is 0 Å². The third-order valence-corrected chi connectivity index (χ3v) is 5.86. The van der Waals surface area contributed by atoms with E-state index in [1.54, 1.807) is 0 Å². The molecule has 0 bridgehead atoms. The van der Waals surface area contributed by atoms with E-state index >= 15 is 0 Å². The van der Waals surface area contributed by atoms with Gasteiger partial charge < -0.3 is 23.1 Å². The van der Waals surface area contributed by atoms with Crippen molar-refractivity contribution in [3.63, 3.8) is 0 Å². The summed E-state index contributed by atoms with van der Waals surface area (Å²) in [5.74, 6) is 0. The fraction of sp³-hybridized carbons (Fsp3) is 1.00. The van der Waals surface area contributed by atoms with Gasteiger partial charge in [-0.3, -0.25) is 0 Å². The molecule has 22 heavy (non-hydrogen) atoms. The number of hydrogen-bond acceptors (Lipinski definition) is 5. The Bertz CT molecular complexity index is 359. The summed E-state index contributed by atoms with van der Waals surface area (Å²) in [6, 6.07) is 0. The molecule has 0 aromatic rings. The first-order valence-corrected chi connectivity index (χ1v) is 18.2. The predicted molar refractivity (Wildman–Crippen MR) is 96.6 cm³/mol. The van der Waals surface area contributed by atoms with Crippen LogP contribution in [0.25, 0.3) is 0 Å². The standard InChI is InChI=1S/C14H34O5Si3/c1-20(2,3)17-11-10-16-14(15)13(19-22(7,8)9)12(11)18-21(4,5)6/h11-15H,10H2,1-9H3/t11-,12?,13?,14+/m1/s1. The van der Waals surface area contributed by atoms with Gasteiger partial charge >= 0.3 is 0 Å². The SMILES string of the molecule is C[Si](C)(C)OC1C(O[Si](C)(C)C)[C@H](O[Si](C)(C)C)CO[C@@H]1O. The van der Waals surface area contributed by atoms with Crippen LogP contribution in [0.5, 0.6) is 0 Å². The smallest absolute Gasteiger partial charge is 0.184 e. The Hall–Kier alpha value is 0.451. The van der Waals surface area contributed by atoms with Gasteiger partial charge in [0.2, 0.25) is 0 Å². The Morgan fingerprint density at radius 3 is 1.55 bits per heavy atom. The van der Waals surface area contributed by atoms with Crippen molar-refractivity contribution in [2.75, 3.05) is 6.61 Å². The molecular formula is C14H34O5Si3. The maximum absolute atomic E-state index is 10.3. The average Bonchev–Trinajstić information content (AvgIpc) is 2.22. The molecule has 1 saturated heterocycles. The molecule has 8 heteroatoms. The lowest BCUT2D eigenvalue weighted by Gasteiger charge is -2.46. The molecule has 0 aromatic heterocycles. The van der Waals surface area contributed by atoms with Gasteiger partial charge in [0.05, 0.1) is 12.7 Å². The van der Waals surface area contributed by atoms with E-state index in [4.69, 9.17) is 18.0 Å². The van der Waals surface area contributed by atoms with Crippen molar-refractivity contribution in [2.24, 2.45) is 0 Å². The Morgan fingerprint density at radius 2 is 1.14 bits per heavy atom. The second-order valence-electron chi connectivity index (χ2n) is 8.88. The van der Waals surface area contributed by atoms with E-state index in [-0.39, 0.29) is 12.2 Å². The fourth-order valence-electron chi connectivity index (χ4n) is 2.40. The quantitative estimate of drug-likeness (QED) is 0.732. The molecule has 0 aromatic carbocycles. The Kier molecular flexibility index (Phi) is 6.65. The maximum atomic E-state index is 10.3. The highest BCUT2D eigenvalue weighted by molar-refractivity contribution is 6.70. The normalized spacial score (nSPS) is 31.4. The predicted octanol–water partition coefficient (Wildman–Crippen LogP) is 3.00. The Balaban J connectivity index is 3.01. The molecule has 0 aliphatic carbocycles. The van der Waals surface area contributed by atoms with Crippen LogP contribution in [0.4, 0.5) is 0 Å². The molecule has 1 N–H and O–H groups in total. The topological polar surface area (TPSA) is 57.2 Å². The third-order valence-electron chi connectivity index (χ3n) is 2.89. The van der Waals surface area contributed by atoms with Crippen molar-refractivity contribution in [2.45, 2.75) is 83.5 Å². The van der Waals surface area contributed by atoms with Crippen molar-refractivity contribution < 1.29 is 23.1 Å². The molecule has 0 saturated carbocycles. The molecule has 1 aliphatic heterocycles. The number of rotatable bonds is 6. The molecule has 0 amide bonds. The third kappa shape index (κ3) is 7.35. The first-order chi connectivity index (χ1) is 9.68. The summed E-state index contributed by atoms with van der Waals surface area (Å²) in [5.41, 5.74) is 0. The molecule has 1 rings (SSSR count). The maximum Gasteiger partial charge on any atom is 0.184 e. The largest absolute Gasteiger partial charge is 0.410 e. The Morgan fingerprint density at radius 1 is 0.727 bits per heavy atom. The second kappa shape index (κ2) is 7.14. The van der Waals surface area contributed by atoms with Gasteiger partial charge in [-0.25, -0.2) is 0 Å². The van der Waals surface area contributed by atoms with Crippen LogP contribution < -0.4 is 0 Å². The molecule has 0 radical (unpaired) electrons. The summed E-state index contributed by atoms with van der Waals surface area (Å²) < 4.78 is 24.3. The highest BCUT2D eigenvalue weighted by Gasteiger charge is 2.46. The minimum atomic E-state index is -1.84. The molecular weight excluding hydrogens is 332 g/mol. The summed E-state index contributed by atoms with van der Waals surface area (Å²) in [5, 5.41) is 10.3. The fourth-order valence-corrected chi connectivity index (χ4v) is 5.68. The van der Waals surface area contributed by atoms with Crippen LogP contribution in [-0.2, 0) is 18.0 Å². The molecule has 1 aliphatic rings. The van der Waals surface area contributed by atoms with Crippen LogP contribution in [0.15, 0.2) is 0 Å². The monoisotopic (exact) mass is 366 g/mol.